The van der Waals surface area contributed by atoms with Crippen molar-refractivity contribution in [1.82, 2.24) is 20.2 Å². The molecule has 0 aliphatic carbocycles. The van der Waals surface area contributed by atoms with E-state index in [1.807, 2.05) is 4.90 Å². The normalized spacial score (nSPS) is 19.3. The lowest BCUT2D eigenvalue weighted by molar-refractivity contribution is -0.130. The number of carbonyl (C=O) groups excluding carboxylic acids is 1. The van der Waals surface area contributed by atoms with Crippen molar-refractivity contribution in [3.8, 4) is 0 Å². The molecule has 0 spiro atoms. The minimum atomic E-state index is -0.352. The lowest BCUT2D eigenvalue weighted by atomic mass is 10.1. The molecule has 1 atom stereocenters. The van der Waals surface area contributed by atoms with E-state index < -0.39 is 0 Å². The van der Waals surface area contributed by atoms with Gasteiger partial charge in [-0.1, -0.05) is 0 Å². The van der Waals surface area contributed by atoms with Crippen molar-refractivity contribution in [3.63, 3.8) is 0 Å². The van der Waals surface area contributed by atoms with Crippen molar-refractivity contribution in [1.29, 1.82) is 0 Å². The van der Waals surface area contributed by atoms with E-state index in [0.717, 1.165) is 6.54 Å². The highest BCUT2D eigenvalue weighted by Gasteiger charge is 2.32. The zero-order chi connectivity index (χ0) is 14.0. The van der Waals surface area contributed by atoms with Crippen molar-refractivity contribution in [2.24, 2.45) is 0 Å². The summed E-state index contributed by atoms with van der Waals surface area (Å²) in [6, 6.07) is -0.352. The van der Waals surface area contributed by atoms with Gasteiger partial charge >= 0.3 is 0 Å². The number of halogens is 1. The van der Waals surface area contributed by atoms with Crippen LogP contribution in [-0.2, 0) is 4.79 Å². The first-order valence-corrected chi connectivity index (χ1v) is 6.73. The molecular weight excluding hydrogens is 314 g/mol. The van der Waals surface area contributed by atoms with Gasteiger partial charge in [0, 0.05) is 33.7 Å². The number of rotatable bonds is 2. The van der Waals surface area contributed by atoms with Crippen LogP contribution in [0.1, 0.15) is 0 Å². The van der Waals surface area contributed by atoms with Crippen LogP contribution < -0.4 is 15.8 Å². The largest absolute Gasteiger partial charge is 0.347 e. The second-order valence-electron chi connectivity index (χ2n) is 4.52. The van der Waals surface area contributed by atoms with Gasteiger partial charge in [0.25, 0.3) is 5.56 Å². The number of nitrogens with one attached hydrogen (secondary N) is 2. The van der Waals surface area contributed by atoms with E-state index in [-0.39, 0.29) is 17.5 Å². The van der Waals surface area contributed by atoms with E-state index >= 15 is 0 Å². The molecule has 1 aliphatic heterocycles. The molecule has 0 radical (unpaired) electrons. The van der Waals surface area contributed by atoms with Crippen LogP contribution in [0.2, 0.25) is 0 Å². The maximum atomic E-state index is 12.2. The summed E-state index contributed by atoms with van der Waals surface area (Å²) in [4.78, 5) is 33.9. The van der Waals surface area contributed by atoms with Gasteiger partial charge < -0.3 is 20.1 Å². The Morgan fingerprint density at radius 1 is 1.58 bits per heavy atom. The number of aromatic nitrogens is 2. The SMILES string of the molecule is CN(C)C(=O)C1CNCCN1c1nc[nH]c(=O)c1Br. The predicted octanol–water partition coefficient (Wildman–Crippen LogP) is -0.601. The maximum absolute atomic E-state index is 12.2. The van der Waals surface area contributed by atoms with Gasteiger partial charge in [-0.15, -0.1) is 0 Å². The Balaban J connectivity index is 2.37. The van der Waals surface area contributed by atoms with Gasteiger partial charge in [-0.05, 0) is 15.9 Å². The summed E-state index contributed by atoms with van der Waals surface area (Å²) in [5, 5.41) is 3.19. The third-order valence-electron chi connectivity index (χ3n) is 3.02. The van der Waals surface area contributed by atoms with Gasteiger partial charge in [0.15, 0.2) is 5.82 Å². The number of hydrogen-bond donors (Lipinski definition) is 2. The maximum Gasteiger partial charge on any atom is 0.267 e. The first-order chi connectivity index (χ1) is 9.02. The van der Waals surface area contributed by atoms with Crippen molar-refractivity contribution < 1.29 is 4.79 Å². The highest BCUT2D eigenvalue weighted by atomic mass is 79.9. The van der Waals surface area contributed by atoms with E-state index in [0.29, 0.717) is 23.4 Å². The van der Waals surface area contributed by atoms with Crippen molar-refractivity contribution >= 4 is 27.7 Å². The van der Waals surface area contributed by atoms with E-state index in [1.165, 1.54) is 6.33 Å². The molecule has 2 rings (SSSR count). The third kappa shape index (κ3) is 2.79. The van der Waals surface area contributed by atoms with E-state index in [4.69, 9.17) is 0 Å². The van der Waals surface area contributed by atoms with Crippen LogP contribution in [0, 0.1) is 0 Å². The number of anilines is 1. The first-order valence-electron chi connectivity index (χ1n) is 5.94. The highest BCUT2D eigenvalue weighted by Crippen LogP contribution is 2.22. The van der Waals surface area contributed by atoms with Crippen molar-refractivity contribution in [2.45, 2.75) is 6.04 Å². The Morgan fingerprint density at radius 3 is 3.00 bits per heavy atom. The quantitative estimate of drug-likeness (QED) is 0.757. The summed E-state index contributed by atoms with van der Waals surface area (Å²) in [6.07, 6.45) is 1.35. The molecule has 2 heterocycles. The second-order valence-corrected chi connectivity index (χ2v) is 5.31. The molecule has 1 saturated heterocycles. The second kappa shape index (κ2) is 5.70. The molecule has 1 aromatic rings. The standard InChI is InChI=1S/C11H16BrN5O2/c1-16(2)11(19)7-5-13-3-4-17(7)9-8(12)10(18)15-6-14-9/h6-7,13H,3-5H2,1-2H3,(H,14,15,18). The predicted molar refractivity (Wildman–Crippen MR) is 75.3 cm³/mol. The number of carbonyl (C=O) groups is 1. The van der Waals surface area contributed by atoms with Gasteiger partial charge in [-0.3, -0.25) is 9.59 Å². The van der Waals surface area contributed by atoms with E-state index in [1.54, 1.807) is 19.0 Å². The molecule has 2 N–H and O–H groups in total. The van der Waals surface area contributed by atoms with Gasteiger partial charge in [-0.2, -0.15) is 0 Å². The Labute approximate surface area is 119 Å². The summed E-state index contributed by atoms with van der Waals surface area (Å²) >= 11 is 3.24. The van der Waals surface area contributed by atoms with Crippen LogP contribution in [0.4, 0.5) is 5.82 Å². The van der Waals surface area contributed by atoms with Crippen molar-refractivity contribution in [2.75, 3.05) is 38.6 Å². The van der Waals surface area contributed by atoms with Crippen LogP contribution >= 0.6 is 15.9 Å². The summed E-state index contributed by atoms with van der Waals surface area (Å²) < 4.78 is 0.355. The lowest BCUT2D eigenvalue weighted by Gasteiger charge is -2.37. The zero-order valence-corrected chi connectivity index (χ0v) is 12.4. The summed E-state index contributed by atoms with van der Waals surface area (Å²) in [5.74, 6) is 0.492. The van der Waals surface area contributed by atoms with Gasteiger partial charge in [0.2, 0.25) is 5.91 Å². The van der Waals surface area contributed by atoms with Crippen LogP contribution in [0.5, 0.6) is 0 Å². The third-order valence-corrected chi connectivity index (χ3v) is 3.73. The molecule has 1 aliphatic rings. The van der Waals surface area contributed by atoms with Gasteiger partial charge in [-0.25, -0.2) is 4.98 Å². The molecule has 0 saturated carbocycles. The van der Waals surface area contributed by atoms with Crippen LogP contribution in [-0.4, -0.2) is 60.5 Å². The summed E-state index contributed by atoms with van der Waals surface area (Å²) in [6.45, 7) is 1.91. The average Bonchev–Trinajstić information content (AvgIpc) is 2.41. The molecule has 1 amide bonds. The molecular formula is C11H16BrN5O2. The summed E-state index contributed by atoms with van der Waals surface area (Å²) in [7, 11) is 3.44. The minimum Gasteiger partial charge on any atom is -0.347 e. The van der Waals surface area contributed by atoms with Crippen LogP contribution in [0.15, 0.2) is 15.6 Å². The van der Waals surface area contributed by atoms with Crippen LogP contribution in [0.25, 0.3) is 0 Å². The topological polar surface area (TPSA) is 81.3 Å². The molecule has 7 nitrogen and oxygen atoms in total. The number of amides is 1. The molecule has 0 bridgehead atoms. The van der Waals surface area contributed by atoms with E-state index in [9.17, 15) is 9.59 Å². The molecule has 8 heteroatoms. The smallest absolute Gasteiger partial charge is 0.267 e. The fourth-order valence-electron chi connectivity index (χ4n) is 2.05. The fraction of sp³-hybridized carbons (Fsp3) is 0.545. The minimum absolute atomic E-state index is 0.0128. The fourth-order valence-corrected chi connectivity index (χ4v) is 2.49. The highest BCUT2D eigenvalue weighted by molar-refractivity contribution is 9.10. The van der Waals surface area contributed by atoms with Gasteiger partial charge in [0.1, 0.15) is 10.5 Å². The Morgan fingerprint density at radius 2 is 2.32 bits per heavy atom. The molecule has 1 unspecified atom stereocenters. The Bertz CT molecular complexity index is 530. The lowest BCUT2D eigenvalue weighted by Crippen LogP contribution is -2.58. The molecule has 0 aromatic carbocycles. The van der Waals surface area contributed by atoms with Crippen LogP contribution in [0.3, 0.4) is 0 Å². The Hall–Kier alpha value is -1.41. The van der Waals surface area contributed by atoms with Crippen molar-refractivity contribution in [3.05, 3.63) is 21.2 Å². The Kier molecular flexibility index (Phi) is 4.20. The first kappa shape index (κ1) is 14.0. The summed E-state index contributed by atoms with van der Waals surface area (Å²) in [5.41, 5.74) is -0.250. The molecule has 19 heavy (non-hydrogen) atoms. The number of aromatic amines is 1. The molecule has 1 aromatic heterocycles. The van der Waals surface area contributed by atoms with E-state index in [2.05, 4.69) is 31.2 Å². The number of piperazine rings is 1. The number of nitrogens with zero attached hydrogens (tertiary/aromatic N) is 3. The monoisotopic (exact) mass is 329 g/mol. The number of H-pyrrole nitrogens is 1. The molecule has 104 valence electrons. The molecule has 1 fully saturated rings. The number of hydrogen-bond acceptors (Lipinski definition) is 5. The van der Waals surface area contributed by atoms with Gasteiger partial charge in [0.05, 0.1) is 6.33 Å². The average molecular weight is 330 g/mol. The number of likely N-dealkylation sites (N-methyl/N-ethyl adjacent to an activating group) is 1. The zero-order valence-electron chi connectivity index (χ0n) is 10.8.